The minimum absolute atomic E-state index is 0.852. The number of fused-ring (bicyclic) bond motifs is 1. The quantitative estimate of drug-likeness (QED) is 0.532. The van der Waals surface area contributed by atoms with Crippen LogP contribution in [0.2, 0.25) is 0 Å². The molecule has 0 aliphatic carbocycles. The van der Waals surface area contributed by atoms with E-state index in [4.69, 9.17) is 4.42 Å². The van der Waals surface area contributed by atoms with E-state index in [2.05, 4.69) is 10.3 Å². The summed E-state index contributed by atoms with van der Waals surface area (Å²) in [6, 6.07) is 0. The lowest BCUT2D eigenvalue weighted by Crippen LogP contribution is -1.91. The minimum atomic E-state index is 0.852. The Morgan fingerprint density at radius 3 is 3.62 bits per heavy atom. The third-order valence-corrected chi connectivity index (χ3v) is 1.29. The summed E-state index contributed by atoms with van der Waals surface area (Å²) < 4.78 is 4.95. The maximum atomic E-state index is 4.95. The number of nitrogens with zero attached hydrogens (tertiary/aromatic N) is 1. The predicted molar refractivity (Wildman–Crippen MR) is 28.7 cm³/mol. The predicted octanol–water partition coefficient (Wildman–Crippen LogP) is 0.643. The van der Waals surface area contributed by atoms with E-state index in [1.165, 1.54) is 6.39 Å². The van der Waals surface area contributed by atoms with Crippen LogP contribution < -0.4 is 5.32 Å². The van der Waals surface area contributed by atoms with Crippen molar-refractivity contribution in [3.05, 3.63) is 12.1 Å². The summed E-state index contributed by atoms with van der Waals surface area (Å²) in [5, 5.41) is 3.05. The van der Waals surface area contributed by atoms with Crippen LogP contribution >= 0.6 is 0 Å². The van der Waals surface area contributed by atoms with Gasteiger partial charge in [-0.2, -0.15) is 0 Å². The molecule has 1 aromatic heterocycles. The number of nitrogens with one attached hydrogen (secondary N) is 1. The maximum absolute atomic E-state index is 4.95. The first kappa shape index (κ1) is 3.95. The lowest BCUT2D eigenvalue weighted by Gasteiger charge is -1.84. The standard InChI is InChI=1S/C5H6N2O/c1-2-6-5-4(1)7-3-8-5/h3,6H,1-2H2. The molecule has 0 saturated carbocycles. The van der Waals surface area contributed by atoms with Gasteiger partial charge in [-0.3, -0.25) is 0 Å². The molecule has 0 bridgehead atoms. The molecule has 0 fully saturated rings. The van der Waals surface area contributed by atoms with Gasteiger partial charge in [0.1, 0.15) is 5.69 Å². The highest BCUT2D eigenvalue weighted by atomic mass is 16.4. The number of aromatic nitrogens is 1. The van der Waals surface area contributed by atoms with Gasteiger partial charge in [-0.25, -0.2) is 4.98 Å². The number of oxazole rings is 1. The van der Waals surface area contributed by atoms with Gasteiger partial charge >= 0.3 is 0 Å². The van der Waals surface area contributed by atoms with Gasteiger partial charge in [-0.15, -0.1) is 0 Å². The number of rotatable bonds is 0. The van der Waals surface area contributed by atoms with Crippen LogP contribution in [0.15, 0.2) is 10.8 Å². The van der Waals surface area contributed by atoms with E-state index in [-0.39, 0.29) is 0 Å². The van der Waals surface area contributed by atoms with Gasteiger partial charge in [-0.1, -0.05) is 0 Å². The number of hydrogen-bond donors (Lipinski definition) is 1. The van der Waals surface area contributed by atoms with Crippen LogP contribution in [0.4, 0.5) is 5.88 Å². The number of hydrogen-bond acceptors (Lipinski definition) is 3. The van der Waals surface area contributed by atoms with E-state index < -0.39 is 0 Å². The molecule has 0 aromatic carbocycles. The summed E-state index contributed by atoms with van der Waals surface area (Å²) in [5.74, 6) is 0.852. The van der Waals surface area contributed by atoms with Crippen LogP contribution in [0.5, 0.6) is 0 Å². The first-order valence-corrected chi connectivity index (χ1v) is 2.63. The largest absolute Gasteiger partial charge is 0.428 e. The molecule has 2 heterocycles. The van der Waals surface area contributed by atoms with E-state index in [1.54, 1.807) is 0 Å². The molecular weight excluding hydrogens is 104 g/mol. The zero-order valence-electron chi connectivity index (χ0n) is 4.35. The molecule has 0 unspecified atom stereocenters. The zero-order valence-corrected chi connectivity index (χ0v) is 4.35. The molecule has 3 heteroatoms. The zero-order chi connectivity index (χ0) is 5.40. The van der Waals surface area contributed by atoms with Crippen LogP contribution in [-0.4, -0.2) is 11.5 Å². The van der Waals surface area contributed by atoms with Crippen molar-refractivity contribution in [3.63, 3.8) is 0 Å². The van der Waals surface area contributed by atoms with Crippen molar-refractivity contribution in [2.75, 3.05) is 11.9 Å². The molecule has 0 radical (unpaired) electrons. The molecule has 0 spiro atoms. The van der Waals surface area contributed by atoms with Crippen molar-refractivity contribution >= 4 is 5.88 Å². The summed E-state index contributed by atoms with van der Waals surface area (Å²) in [6.07, 6.45) is 2.47. The third-order valence-electron chi connectivity index (χ3n) is 1.29. The van der Waals surface area contributed by atoms with Crippen LogP contribution in [0.25, 0.3) is 0 Å². The van der Waals surface area contributed by atoms with E-state index in [9.17, 15) is 0 Å². The highest BCUT2D eigenvalue weighted by Gasteiger charge is 2.12. The molecular formula is C5H6N2O. The molecule has 1 N–H and O–H groups in total. The molecule has 3 nitrogen and oxygen atoms in total. The second-order valence-corrected chi connectivity index (χ2v) is 1.80. The maximum Gasteiger partial charge on any atom is 0.216 e. The molecule has 1 aliphatic rings. The fourth-order valence-electron chi connectivity index (χ4n) is 0.886. The first-order chi connectivity index (χ1) is 3.97. The topological polar surface area (TPSA) is 38.1 Å². The molecule has 1 aromatic rings. The van der Waals surface area contributed by atoms with Gasteiger partial charge in [0.2, 0.25) is 5.88 Å². The average Bonchev–Trinajstić information content (AvgIpc) is 2.15. The van der Waals surface area contributed by atoms with Crippen LogP contribution in [-0.2, 0) is 6.42 Å². The van der Waals surface area contributed by atoms with Gasteiger partial charge < -0.3 is 9.73 Å². The summed E-state index contributed by atoms with van der Waals surface area (Å²) >= 11 is 0. The van der Waals surface area contributed by atoms with Crippen molar-refractivity contribution in [2.24, 2.45) is 0 Å². The first-order valence-electron chi connectivity index (χ1n) is 2.63. The van der Waals surface area contributed by atoms with Crippen molar-refractivity contribution in [3.8, 4) is 0 Å². The lowest BCUT2D eigenvalue weighted by atomic mass is 10.4. The van der Waals surface area contributed by atoms with Crippen molar-refractivity contribution < 1.29 is 4.42 Å². The van der Waals surface area contributed by atoms with E-state index in [0.29, 0.717) is 0 Å². The molecule has 42 valence electrons. The van der Waals surface area contributed by atoms with Gasteiger partial charge in [-0.05, 0) is 0 Å². The van der Waals surface area contributed by atoms with Gasteiger partial charge in [0.25, 0.3) is 0 Å². The lowest BCUT2D eigenvalue weighted by molar-refractivity contribution is 0.572. The molecule has 1 aliphatic heterocycles. The van der Waals surface area contributed by atoms with E-state index in [1.807, 2.05) is 0 Å². The Morgan fingerprint density at radius 2 is 2.75 bits per heavy atom. The second kappa shape index (κ2) is 1.24. The fraction of sp³-hybridized carbons (Fsp3) is 0.400. The van der Waals surface area contributed by atoms with Crippen LogP contribution in [0, 0.1) is 0 Å². The van der Waals surface area contributed by atoms with Gasteiger partial charge in [0.15, 0.2) is 6.39 Å². The Kier molecular flexibility index (Phi) is 0.614. The molecule has 0 atom stereocenters. The fourth-order valence-corrected chi connectivity index (χ4v) is 0.886. The minimum Gasteiger partial charge on any atom is -0.428 e. The third kappa shape index (κ3) is 0.358. The number of anilines is 1. The molecule has 8 heavy (non-hydrogen) atoms. The SMILES string of the molecule is c1nc2c(o1)NCC2. The summed E-state index contributed by atoms with van der Waals surface area (Å²) in [6.45, 7) is 0.974. The Balaban J connectivity index is 2.54. The molecule has 0 saturated heterocycles. The second-order valence-electron chi connectivity index (χ2n) is 1.80. The average molecular weight is 110 g/mol. The Labute approximate surface area is 46.7 Å². The van der Waals surface area contributed by atoms with Crippen LogP contribution in [0.3, 0.4) is 0 Å². The smallest absolute Gasteiger partial charge is 0.216 e. The van der Waals surface area contributed by atoms with E-state index >= 15 is 0 Å². The van der Waals surface area contributed by atoms with Crippen molar-refractivity contribution in [2.45, 2.75) is 6.42 Å². The molecule has 2 rings (SSSR count). The monoisotopic (exact) mass is 110 g/mol. The van der Waals surface area contributed by atoms with Crippen molar-refractivity contribution in [1.82, 2.24) is 4.98 Å². The Morgan fingerprint density at radius 1 is 1.75 bits per heavy atom. The summed E-state index contributed by atoms with van der Waals surface area (Å²) in [4.78, 5) is 3.97. The Hall–Kier alpha value is -0.990. The highest BCUT2D eigenvalue weighted by molar-refractivity contribution is 5.41. The van der Waals surface area contributed by atoms with Gasteiger partial charge in [0, 0.05) is 13.0 Å². The van der Waals surface area contributed by atoms with Crippen molar-refractivity contribution in [1.29, 1.82) is 0 Å². The normalized spacial score (nSPS) is 15.5. The Bertz CT molecular complexity index is 176. The van der Waals surface area contributed by atoms with E-state index in [0.717, 1.165) is 24.5 Å². The summed E-state index contributed by atoms with van der Waals surface area (Å²) in [5.41, 5.74) is 1.06. The highest BCUT2D eigenvalue weighted by Crippen LogP contribution is 2.18. The van der Waals surface area contributed by atoms with Crippen LogP contribution in [0.1, 0.15) is 5.69 Å². The molecule has 0 amide bonds. The summed E-state index contributed by atoms with van der Waals surface area (Å²) in [7, 11) is 0. The van der Waals surface area contributed by atoms with Gasteiger partial charge in [0.05, 0.1) is 0 Å².